The van der Waals surface area contributed by atoms with Crippen molar-refractivity contribution in [3.8, 4) is 23.0 Å². The van der Waals surface area contributed by atoms with E-state index < -0.39 is 0 Å². The molecule has 1 aromatic heterocycles. The van der Waals surface area contributed by atoms with E-state index in [9.17, 15) is 0 Å². The lowest BCUT2D eigenvalue weighted by Crippen LogP contribution is -1.84. The molecule has 2 aromatic rings. The van der Waals surface area contributed by atoms with Gasteiger partial charge in [-0.05, 0) is 42.0 Å². The minimum Gasteiger partial charge on any atom is -0.248 e. The molecule has 17 heavy (non-hydrogen) atoms. The Kier molecular flexibility index (Phi) is 2.63. The molecule has 0 spiro atoms. The lowest BCUT2D eigenvalue weighted by Gasteiger charge is -2.00. The maximum atomic E-state index is 4.29. The summed E-state index contributed by atoms with van der Waals surface area (Å²) < 4.78 is 0. The fourth-order valence-corrected chi connectivity index (χ4v) is 1.71. The van der Waals surface area contributed by atoms with Crippen LogP contribution >= 0.6 is 0 Å². The molecule has 1 aliphatic carbocycles. The van der Waals surface area contributed by atoms with Crippen molar-refractivity contribution in [3.63, 3.8) is 0 Å². The van der Waals surface area contributed by atoms with E-state index in [1.807, 2.05) is 30.5 Å². The monoisotopic (exact) mass is 219 g/mol. The fraction of sp³-hybridized carbons (Fsp3) is 0.188. The molecule has 1 heterocycles. The molecule has 1 aliphatic rings. The van der Waals surface area contributed by atoms with Gasteiger partial charge in [-0.15, -0.1) is 0 Å². The molecule has 1 aromatic carbocycles. The predicted molar refractivity (Wildman–Crippen MR) is 69.3 cm³/mol. The van der Waals surface area contributed by atoms with Gasteiger partial charge in [-0.1, -0.05) is 36.3 Å². The van der Waals surface area contributed by atoms with Gasteiger partial charge in [0, 0.05) is 12.1 Å². The smallest absolute Gasteiger partial charge is 0.113 e. The van der Waals surface area contributed by atoms with Crippen LogP contribution in [-0.4, -0.2) is 4.98 Å². The summed E-state index contributed by atoms with van der Waals surface area (Å²) in [6.07, 6.45) is 4.34. The maximum Gasteiger partial charge on any atom is 0.113 e. The minimum atomic E-state index is 0.622. The zero-order valence-corrected chi connectivity index (χ0v) is 9.56. The van der Waals surface area contributed by atoms with E-state index in [4.69, 9.17) is 0 Å². The van der Waals surface area contributed by atoms with E-state index >= 15 is 0 Å². The Balaban J connectivity index is 1.92. The number of pyridine rings is 1. The van der Waals surface area contributed by atoms with Crippen molar-refractivity contribution in [1.29, 1.82) is 0 Å². The summed E-state index contributed by atoms with van der Waals surface area (Å²) in [7, 11) is 0. The lowest BCUT2D eigenvalue weighted by atomic mass is 10.1. The molecule has 1 nitrogen and oxygen atoms in total. The molecule has 0 amide bonds. The number of nitrogens with zero attached hydrogens (tertiary/aromatic N) is 1. The summed E-state index contributed by atoms with van der Waals surface area (Å²) in [5.74, 6) is 7.02. The zero-order valence-electron chi connectivity index (χ0n) is 9.56. The van der Waals surface area contributed by atoms with E-state index in [-0.39, 0.29) is 0 Å². The summed E-state index contributed by atoms with van der Waals surface area (Å²) in [4.78, 5) is 4.29. The van der Waals surface area contributed by atoms with Gasteiger partial charge in [0.2, 0.25) is 0 Å². The Hall–Kier alpha value is -2.07. The van der Waals surface area contributed by atoms with Crippen molar-refractivity contribution in [2.45, 2.75) is 12.8 Å². The van der Waals surface area contributed by atoms with Crippen molar-refractivity contribution in [2.24, 2.45) is 5.92 Å². The largest absolute Gasteiger partial charge is 0.248 e. The summed E-state index contributed by atoms with van der Waals surface area (Å²) in [6, 6.07) is 14.4. The summed E-state index contributed by atoms with van der Waals surface area (Å²) in [5.41, 5.74) is 3.27. The number of benzene rings is 1. The predicted octanol–water partition coefficient (Wildman–Crippen LogP) is 3.51. The molecule has 0 radical (unpaired) electrons. The fourth-order valence-electron chi connectivity index (χ4n) is 1.71. The Morgan fingerprint density at radius 3 is 2.59 bits per heavy atom. The molecule has 1 saturated carbocycles. The van der Waals surface area contributed by atoms with Crippen LogP contribution < -0.4 is 0 Å². The molecule has 82 valence electrons. The highest BCUT2D eigenvalue weighted by Crippen LogP contribution is 2.27. The number of hydrogen-bond donors (Lipinski definition) is 0. The van der Waals surface area contributed by atoms with E-state index in [0.29, 0.717) is 5.92 Å². The average Bonchev–Trinajstić information content (AvgIpc) is 3.22. The molecule has 0 atom stereocenters. The molecule has 3 rings (SSSR count). The summed E-state index contributed by atoms with van der Waals surface area (Å²) >= 11 is 0. The molecule has 0 saturated heterocycles. The van der Waals surface area contributed by atoms with Crippen molar-refractivity contribution in [3.05, 3.63) is 54.4 Å². The molecule has 0 aliphatic heterocycles. The topological polar surface area (TPSA) is 12.9 Å². The SMILES string of the molecule is C(#CC1CC1)c1cc(-c2ccccc2)ccn1. The van der Waals surface area contributed by atoms with Gasteiger partial charge in [-0.3, -0.25) is 0 Å². The van der Waals surface area contributed by atoms with Crippen molar-refractivity contribution < 1.29 is 0 Å². The van der Waals surface area contributed by atoms with E-state index in [0.717, 1.165) is 5.69 Å². The molecule has 0 N–H and O–H groups in total. The highest BCUT2D eigenvalue weighted by atomic mass is 14.6. The van der Waals surface area contributed by atoms with Crippen LogP contribution in [-0.2, 0) is 0 Å². The van der Waals surface area contributed by atoms with Gasteiger partial charge in [-0.25, -0.2) is 4.98 Å². The van der Waals surface area contributed by atoms with Gasteiger partial charge in [0.1, 0.15) is 5.69 Å². The first kappa shape index (κ1) is 10.1. The van der Waals surface area contributed by atoms with Crippen LogP contribution in [0.3, 0.4) is 0 Å². The van der Waals surface area contributed by atoms with Gasteiger partial charge in [0.15, 0.2) is 0 Å². The van der Waals surface area contributed by atoms with Crippen LogP contribution in [0.5, 0.6) is 0 Å². The number of rotatable bonds is 1. The molecule has 0 bridgehead atoms. The van der Waals surface area contributed by atoms with Crippen molar-refractivity contribution in [1.82, 2.24) is 4.98 Å². The van der Waals surface area contributed by atoms with Crippen molar-refractivity contribution >= 4 is 0 Å². The van der Waals surface area contributed by atoms with E-state index in [1.165, 1.54) is 24.0 Å². The van der Waals surface area contributed by atoms with Gasteiger partial charge in [-0.2, -0.15) is 0 Å². The summed E-state index contributed by atoms with van der Waals surface area (Å²) in [6.45, 7) is 0. The maximum absolute atomic E-state index is 4.29. The van der Waals surface area contributed by atoms with E-state index in [2.05, 4.69) is 35.0 Å². The van der Waals surface area contributed by atoms with Gasteiger partial charge in [0.05, 0.1) is 0 Å². The second-order valence-corrected chi connectivity index (χ2v) is 4.34. The van der Waals surface area contributed by atoms with Crippen LogP contribution in [0.1, 0.15) is 18.5 Å². The van der Waals surface area contributed by atoms with Crippen molar-refractivity contribution in [2.75, 3.05) is 0 Å². The van der Waals surface area contributed by atoms with Crippen LogP contribution in [0.25, 0.3) is 11.1 Å². The average molecular weight is 219 g/mol. The second-order valence-electron chi connectivity index (χ2n) is 4.34. The highest BCUT2D eigenvalue weighted by Gasteiger charge is 2.17. The Bertz CT molecular complexity index is 571. The van der Waals surface area contributed by atoms with Crippen LogP contribution in [0.4, 0.5) is 0 Å². The first-order valence-corrected chi connectivity index (χ1v) is 5.95. The normalized spacial score (nSPS) is 13.9. The Labute approximate surface area is 102 Å². The number of hydrogen-bond acceptors (Lipinski definition) is 1. The first-order chi connectivity index (χ1) is 8.42. The van der Waals surface area contributed by atoms with Crippen LogP contribution in [0.15, 0.2) is 48.7 Å². The standard InChI is InChI=1S/C16H13N/c1-2-4-14(5-3-1)15-10-11-17-16(12-15)9-8-13-6-7-13/h1-5,10-13H,6-7H2. The molecular formula is C16H13N. The second kappa shape index (κ2) is 4.43. The van der Waals surface area contributed by atoms with Crippen LogP contribution in [0, 0.1) is 17.8 Å². The molecule has 1 fully saturated rings. The zero-order chi connectivity index (χ0) is 11.5. The third kappa shape index (κ3) is 2.54. The Morgan fingerprint density at radius 2 is 1.82 bits per heavy atom. The Morgan fingerprint density at radius 1 is 1.00 bits per heavy atom. The molecule has 1 heteroatoms. The highest BCUT2D eigenvalue weighted by molar-refractivity contribution is 5.64. The van der Waals surface area contributed by atoms with Gasteiger partial charge >= 0.3 is 0 Å². The lowest BCUT2D eigenvalue weighted by molar-refractivity contribution is 1.18. The number of aromatic nitrogens is 1. The summed E-state index contributed by atoms with van der Waals surface area (Å²) in [5, 5.41) is 0. The molecular weight excluding hydrogens is 206 g/mol. The van der Waals surface area contributed by atoms with E-state index in [1.54, 1.807) is 0 Å². The van der Waals surface area contributed by atoms with Crippen LogP contribution in [0.2, 0.25) is 0 Å². The minimum absolute atomic E-state index is 0.622. The third-order valence-electron chi connectivity index (χ3n) is 2.85. The van der Waals surface area contributed by atoms with Gasteiger partial charge < -0.3 is 0 Å². The quantitative estimate of drug-likeness (QED) is 0.669. The van der Waals surface area contributed by atoms with Gasteiger partial charge in [0.25, 0.3) is 0 Å². The third-order valence-corrected chi connectivity index (χ3v) is 2.85. The molecule has 0 unspecified atom stereocenters. The first-order valence-electron chi connectivity index (χ1n) is 5.95.